The van der Waals surface area contributed by atoms with Crippen LogP contribution in [-0.2, 0) is 35.8 Å². The Morgan fingerprint density at radius 1 is 1.03 bits per heavy atom. The summed E-state index contributed by atoms with van der Waals surface area (Å²) >= 11 is 0. The first-order valence-electron chi connectivity index (χ1n) is 12.2. The average molecular weight is 464 g/mol. The highest BCUT2D eigenvalue weighted by Crippen LogP contribution is 2.31. The monoisotopic (exact) mass is 463 g/mol. The Balaban J connectivity index is 1.08. The molecule has 2 fully saturated rings. The van der Waals surface area contributed by atoms with E-state index in [1.165, 1.54) is 5.56 Å². The first kappa shape index (κ1) is 21.4. The first-order chi connectivity index (χ1) is 16.6. The highest BCUT2D eigenvalue weighted by molar-refractivity contribution is 6.05. The lowest BCUT2D eigenvalue weighted by molar-refractivity contribution is -0.136. The van der Waals surface area contributed by atoms with Gasteiger partial charge in [-0.05, 0) is 49.5 Å². The fraction of sp³-hybridized carbons (Fsp3) is 0.542. The summed E-state index contributed by atoms with van der Waals surface area (Å²) in [5, 5.41) is 14.6. The molecule has 3 amide bonds. The van der Waals surface area contributed by atoms with E-state index < -0.39 is 6.04 Å². The van der Waals surface area contributed by atoms with Gasteiger partial charge in [0.1, 0.15) is 17.7 Å². The van der Waals surface area contributed by atoms with Gasteiger partial charge in [0.05, 0.1) is 6.54 Å². The van der Waals surface area contributed by atoms with Gasteiger partial charge < -0.3 is 14.8 Å². The average Bonchev–Trinajstić information content (AvgIpc) is 3.41. The summed E-state index contributed by atoms with van der Waals surface area (Å²) in [5.41, 5.74) is 2.81. The van der Waals surface area contributed by atoms with Crippen LogP contribution in [0.4, 0.5) is 0 Å². The predicted octanol–water partition coefficient (Wildman–Crippen LogP) is 0.522. The second-order valence-corrected chi connectivity index (χ2v) is 9.74. The third-order valence-corrected chi connectivity index (χ3v) is 7.60. The lowest BCUT2D eigenvalue weighted by Gasteiger charge is -2.32. The molecule has 1 atom stereocenters. The minimum atomic E-state index is -0.571. The van der Waals surface area contributed by atoms with Crippen molar-refractivity contribution >= 4 is 17.7 Å². The van der Waals surface area contributed by atoms with Gasteiger partial charge in [-0.15, -0.1) is 10.2 Å². The summed E-state index contributed by atoms with van der Waals surface area (Å²) in [6.07, 6.45) is 2.79. The van der Waals surface area contributed by atoms with E-state index in [1.54, 1.807) is 4.90 Å². The molecule has 6 rings (SSSR count). The normalized spacial score (nSPS) is 23.7. The van der Waals surface area contributed by atoms with Crippen molar-refractivity contribution in [3.63, 3.8) is 0 Å². The molecule has 0 spiro atoms. The number of fused-ring (bicyclic) bond motifs is 2. The van der Waals surface area contributed by atoms with E-state index >= 15 is 0 Å². The fourth-order valence-corrected chi connectivity index (χ4v) is 5.75. The van der Waals surface area contributed by atoms with E-state index in [2.05, 4.69) is 36.4 Å². The summed E-state index contributed by atoms with van der Waals surface area (Å²) in [6, 6.07) is 5.45. The maximum atomic E-state index is 12.9. The lowest BCUT2D eigenvalue weighted by Crippen LogP contribution is -2.52. The van der Waals surface area contributed by atoms with Crippen LogP contribution in [0.3, 0.4) is 0 Å². The number of carbonyl (C=O) groups is 3. The molecule has 2 saturated heterocycles. The Hall–Kier alpha value is -3.11. The largest absolute Gasteiger partial charge is 0.322 e. The van der Waals surface area contributed by atoms with Gasteiger partial charge in [0.2, 0.25) is 11.8 Å². The zero-order valence-corrected chi connectivity index (χ0v) is 19.1. The Morgan fingerprint density at radius 2 is 1.88 bits per heavy atom. The molecule has 2 aromatic rings. The van der Waals surface area contributed by atoms with E-state index in [0.29, 0.717) is 24.4 Å². The van der Waals surface area contributed by atoms with Gasteiger partial charge in [0.25, 0.3) is 5.91 Å². The number of amides is 3. The van der Waals surface area contributed by atoms with E-state index in [1.807, 2.05) is 12.1 Å². The van der Waals surface area contributed by atoms with Gasteiger partial charge in [0.15, 0.2) is 0 Å². The molecular weight excluding hydrogens is 434 g/mol. The maximum absolute atomic E-state index is 12.9. The highest BCUT2D eigenvalue weighted by atomic mass is 16.2. The molecule has 1 unspecified atom stereocenters. The van der Waals surface area contributed by atoms with Crippen molar-refractivity contribution in [3.05, 3.63) is 46.5 Å². The van der Waals surface area contributed by atoms with Gasteiger partial charge >= 0.3 is 0 Å². The molecule has 0 radical (unpaired) electrons. The summed E-state index contributed by atoms with van der Waals surface area (Å²) in [5.74, 6) is 1.88. The van der Waals surface area contributed by atoms with Crippen LogP contribution in [0.5, 0.6) is 0 Å². The van der Waals surface area contributed by atoms with Gasteiger partial charge in [-0.3, -0.25) is 24.6 Å². The molecule has 0 saturated carbocycles. The zero-order chi connectivity index (χ0) is 23.2. The molecule has 34 heavy (non-hydrogen) atoms. The van der Waals surface area contributed by atoms with Crippen LogP contribution >= 0.6 is 0 Å². The summed E-state index contributed by atoms with van der Waals surface area (Å²) in [4.78, 5) is 40.7. The Morgan fingerprint density at radius 3 is 2.71 bits per heavy atom. The molecule has 2 N–H and O–H groups in total. The van der Waals surface area contributed by atoms with Crippen LogP contribution in [0.15, 0.2) is 18.2 Å². The highest BCUT2D eigenvalue weighted by Gasteiger charge is 2.39. The minimum absolute atomic E-state index is 0.122. The minimum Gasteiger partial charge on any atom is -0.322 e. The van der Waals surface area contributed by atoms with Crippen LogP contribution in [0.25, 0.3) is 0 Å². The number of benzene rings is 1. The smallest absolute Gasteiger partial charge is 0.255 e. The fourth-order valence-electron chi connectivity index (χ4n) is 5.75. The first-order valence-corrected chi connectivity index (χ1v) is 12.2. The number of rotatable bonds is 4. The second kappa shape index (κ2) is 8.59. The number of carbonyl (C=O) groups excluding carboxylic acids is 3. The van der Waals surface area contributed by atoms with E-state index in [-0.39, 0.29) is 24.1 Å². The lowest BCUT2D eigenvalue weighted by atomic mass is 9.95. The van der Waals surface area contributed by atoms with Crippen LogP contribution in [-0.4, -0.2) is 68.0 Å². The van der Waals surface area contributed by atoms with Crippen molar-refractivity contribution in [2.45, 2.75) is 63.8 Å². The zero-order valence-electron chi connectivity index (χ0n) is 19.1. The van der Waals surface area contributed by atoms with E-state index in [9.17, 15) is 14.4 Å². The molecule has 1 aromatic carbocycles. The Kier molecular flexibility index (Phi) is 5.41. The molecular formula is C24H29N7O3. The molecule has 10 nitrogen and oxygen atoms in total. The van der Waals surface area contributed by atoms with Crippen LogP contribution in [0.2, 0.25) is 0 Å². The van der Waals surface area contributed by atoms with Crippen molar-refractivity contribution in [2.75, 3.05) is 19.6 Å². The molecule has 10 heteroatoms. The topological polar surface area (TPSA) is 112 Å². The Bertz CT molecular complexity index is 1150. The maximum Gasteiger partial charge on any atom is 0.255 e. The predicted molar refractivity (Wildman–Crippen MR) is 121 cm³/mol. The third kappa shape index (κ3) is 3.80. The van der Waals surface area contributed by atoms with Crippen molar-refractivity contribution in [1.82, 2.24) is 35.2 Å². The van der Waals surface area contributed by atoms with Crippen molar-refractivity contribution in [3.8, 4) is 0 Å². The SMILES string of the molecule is O=C1CCC(N2Cc3cc(CN4CCC(c5nnc6n5CCNC6)CC4)ccc3C2=O)C(=O)N1. The molecule has 0 bridgehead atoms. The standard InChI is InChI=1S/C24H29N7O3/c32-21-4-3-19(23(33)26-21)31-14-17-11-15(1-2-18(17)24(31)34)13-29-8-5-16(6-9-29)22-28-27-20-12-25-7-10-30(20)22/h1-2,11,16,19,25H,3-10,12-14H2,(H,26,32,33). The number of likely N-dealkylation sites (tertiary alicyclic amines) is 1. The van der Waals surface area contributed by atoms with E-state index in [4.69, 9.17) is 0 Å². The molecule has 5 heterocycles. The third-order valence-electron chi connectivity index (χ3n) is 7.60. The number of hydrogen-bond donors (Lipinski definition) is 2. The Labute approximate surface area is 197 Å². The van der Waals surface area contributed by atoms with Gasteiger partial charge in [0, 0.05) is 44.1 Å². The van der Waals surface area contributed by atoms with Crippen LogP contribution in [0.1, 0.15) is 64.7 Å². The van der Waals surface area contributed by atoms with Crippen molar-refractivity contribution < 1.29 is 14.4 Å². The molecule has 178 valence electrons. The number of imide groups is 1. The molecule has 4 aliphatic rings. The number of hydrogen-bond acceptors (Lipinski definition) is 7. The summed E-state index contributed by atoms with van der Waals surface area (Å²) in [6.45, 7) is 5.98. The van der Waals surface area contributed by atoms with E-state index in [0.717, 1.165) is 69.3 Å². The quantitative estimate of drug-likeness (QED) is 0.636. The van der Waals surface area contributed by atoms with Gasteiger partial charge in [-0.1, -0.05) is 12.1 Å². The van der Waals surface area contributed by atoms with Gasteiger partial charge in [-0.25, -0.2) is 0 Å². The van der Waals surface area contributed by atoms with Crippen LogP contribution < -0.4 is 10.6 Å². The second-order valence-electron chi connectivity index (χ2n) is 9.74. The number of nitrogens with zero attached hydrogens (tertiary/aromatic N) is 5. The van der Waals surface area contributed by atoms with Gasteiger partial charge in [-0.2, -0.15) is 0 Å². The van der Waals surface area contributed by atoms with Crippen LogP contribution in [0, 0.1) is 0 Å². The summed E-state index contributed by atoms with van der Waals surface area (Å²) in [7, 11) is 0. The van der Waals surface area contributed by atoms with Crippen molar-refractivity contribution in [1.29, 1.82) is 0 Å². The number of piperidine rings is 2. The summed E-state index contributed by atoms with van der Waals surface area (Å²) < 4.78 is 2.29. The number of aromatic nitrogens is 3. The molecule has 4 aliphatic heterocycles. The molecule has 0 aliphatic carbocycles. The van der Waals surface area contributed by atoms with Crippen molar-refractivity contribution in [2.24, 2.45) is 0 Å². The number of nitrogens with one attached hydrogen (secondary N) is 2. The molecule has 1 aromatic heterocycles.